The van der Waals surface area contributed by atoms with Crippen LogP contribution >= 0.6 is 0 Å². The number of rotatable bonds is 4. The van der Waals surface area contributed by atoms with Gasteiger partial charge in [-0.05, 0) is 6.42 Å². The van der Waals surface area contributed by atoms with E-state index >= 15 is 0 Å². The monoisotopic (exact) mass is 192 g/mol. The normalized spacial score (nSPS) is 15.1. The molecule has 0 amide bonds. The lowest BCUT2D eigenvalue weighted by Crippen LogP contribution is -2.33. The maximum Gasteiger partial charge on any atom is 0.189 e. The predicted octanol–water partition coefficient (Wildman–Crippen LogP) is -0.254. The van der Waals surface area contributed by atoms with E-state index in [9.17, 15) is 0 Å². The van der Waals surface area contributed by atoms with Gasteiger partial charge in [-0.15, -0.1) is 0 Å². The molecular weight excluding hydrogens is 180 g/mol. The van der Waals surface area contributed by atoms with Crippen LogP contribution in [0.3, 0.4) is 0 Å². The van der Waals surface area contributed by atoms with Crippen LogP contribution in [-0.4, -0.2) is 42.1 Å². The zero-order chi connectivity index (χ0) is 10.4. The summed E-state index contributed by atoms with van der Waals surface area (Å²) in [6.45, 7) is 2.17. The highest BCUT2D eigenvalue weighted by Gasteiger charge is 2.24. The van der Waals surface area contributed by atoms with Crippen LogP contribution in [0.4, 0.5) is 0 Å². The minimum atomic E-state index is -0.767. The Labute approximate surface area is 82.9 Å². The first-order chi connectivity index (χ1) is 6.83. The largest absolute Gasteiger partial charge is 0.396 e. The molecule has 0 spiro atoms. The van der Waals surface area contributed by atoms with Crippen molar-refractivity contribution in [2.24, 2.45) is 10.9 Å². The molecule has 74 valence electrons. The Hall–Kier alpha value is -1.59. The quantitative estimate of drug-likeness (QED) is 0.665. The fraction of sp³-hybridized carbons (Fsp3) is 0.667. The summed E-state index contributed by atoms with van der Waals surface area (Å²) in [5.74, 6) is -0.209. The van der Waals surface area contributed by atoms with E-state index in [-0.39, 0.29) is 6.61 Å². The van der Waals surface area contributed by atoms with Crippen molar-refractivity contribution in [3.8, 4) is 12.1 Å². The van der Waals surface area contributed by atoms with Gasteiger partial charge in [0.1, 0.15) is 5.84 Å². The highest BCUT2D eigenvalue weighted by atomic mass is 16.3. The molecule has 0 saturated heterocycles. The molecule has 0 radical (unpaired) electrons. The molecule has 1 N–H and O–H groups in total. The summed E-state index contributed by atoms with van der Waals surface area (Å²) in [5.41, 5.74) is 0. The summed E-state index contributed by atoms with van der Waals surface area (Å²) in [4.78, 5) is 6.02. The number of hydrogen-bond acceptors (Lipinski definition) is 5. The highest BCUT2D eigenvalue weighted by molar-refractivity contribution is 5.90. The van der Waals surface area contributed by atoms with Crippen molar-refractivity contribution in [1.29, 1.82) is 10.5 Å². The number of aliphatic hydroxyl groups excluding tert-OH is 1. The molecule has 1 rings (SSSR count). The summed E-state index contributed by atoms with van der Waals surface area (Å²) < 4.78 is 0. The van der Waals surface area contributed by atoms with Gasteiger partial charge in [-0.1, -0.05) is 0 Å². The third-order valence-corrected chi connectivity index (χ3v) is 2.07. The van der Waals surface area contributed by atoms with Crippen LogP contribution < -0.4 is 0 Å². The molecule has 0 aromatic carbocycles. The van der Waals surface area contributed by atoms with Crippen LogP contribution in [0.15, 0.2) is 4.99 Å². The van der Waals surface area contributed by atoms with E-state index in [4.69, 9.17) is 15.6 Å². The Morgan fingerprint density at radius 3 is 2.79 bits per heavy atom. The van der Waals surface area contributed by atoms with Gasteiger partial charge in [0.15, 0.2) is 5.92 Å². The first kappa shape index (κ1) is 10.5. The molecule has 0 bridgehead atoms. The van der Waals surface area contributed by atoms with Gasteiger partial charge in [-0.3, -0.25) is 4.99 Å². The molecule has 0 aromatic rings. The summed E-state index contributed by atoms with van der Waals surface area (Å²) in [6, 6.07) is 3.81. The molecule has 0 unspecified atom stereocenters. The molecule has 0 saturated carbocycles. The zero-order valence-corrected chi connectivity index (χ0v) is 7.85. The van der Waals surface area contributed by atoms with Crippen LogP contribution in [-0.2, 0) is 0 Å². The Balaban J connectivity index is 2.60. The number of amidine groups is 1. The van der Waals surface area contributed by atoms with Gasteiger partial charge in [0.2, 0.25) is 0 Å². The molecule has 0 fully saturated rings. The Bertz CT molecular complexity index is 285. The predicted molar refractivity (Wildman–Crippen MR) is 50.3 cm³/mol. The molecule has 5 heteroatoms. The van der Waals surface area contributed by atoms with E-state index in [0.29, 0.717) is 25.3 Å². The zero-order valence-electron chi connectivity index (χ0n) is 7.85. The van der Waals surface area contributed by atoms with Crippen molar-refractivity contribution in [2.45, 2.75) is 6.42 Å². The van der Waals surface area contributed by atoms with Gasteiger partial charge in [0.05, 0.1) is 18.7 Å². The van der Waals surface area contributed by atoms with Crippen LogP contribution in [0.5, 0.6) is 0 Å². The van der Waals surface area contributed by atoms with Crippen LogP contribution in [0, 0.1) is 28.6 Å². The average Bonchev–Trinajstić information content (AvgIpc) is 2.65. The van der Waals surface area contributed by atoms with Crippen molar-refractivity contribution < 1.29 is 5.11 Å². The summed E-state index contributed by atoms with van der Waals surface area (Å²) in [7, 11) is 0. The number of nitriles is 2. The van der Waals surface area contributed by atoms with Gasteiger partial charge < -0.3 is 10.0 Å². The summed E-state index contributed by atoms with van der Waals surface area (Å²) in [5, 5.41) is 26.1. The van der Waals surface area contributed by atoms with E-state index in [1.165, 1.54) is 0 Å². The lowest BCUT2D eigenvalue weighted by molar-refractivity contribution is 0.269. The van der Waals surface area contributed by atoms with Gasteiger partial charge in [-0.2, -0.15) is 10.5 Å². The van der Waals surface area contributed by atoms with E-state index in [1.807, 2.05) is 17.0 Å². The van der Waals surface area contributed by atoms with Crippen molar-refractivity contribution >= 4 is 5.84 Å². The van der Waals surface area contributed by atoms with Crippen molar-refractivity contribution in [3.63, 3.8) is 0 Å². The number of hydrogen-bond donors (Lipinski definition) is 1. The second-order valence-electron chi connectivity index (χ2n) is 3.00. The van der Waals surface area contributed by atoms with Crippen molar-refractivity contribution in [1.82, 2.24) is 4.90 Å². The van der Waals surface area contributed by atoms with Crippen molar-refractivity contribution in [3.05, 3.63) is 0 Å². The van der Waals surface area contributed by atoms with E-state index in [1.54, 1.807) is 0 Å². The Kier molecular flexibility index (Phi) is 3.90. The molecule has 1 aliphatic rings. The topological polar surface area (TPSA) is 83.4 Å². The Morgan fingerprint density at radius 1 is 1.50 bits per heavy atom. The third-order valence-electron chi connectivity index (χ3n) is 2.07. The van der Waals surface area contributed by atoms with Crippen LogP contribution in [0.1, 0.15) is 6.42 Å². The summed E-state index contributed by atoms with van der Waals surface area (Å²) >= 11 is 0. The lowest BCUT2D eigenvalue weighted by atomic mass is 10.1. The van der Waals surface area contributed by atoms with E-state index < -0.39 is 5.92 Å². The van der Waals surface area contributed by atoms with E-state index in [2.05, 4.69) is 4.99 Å². The minimum absolute atomic E-state index is 0.119. The minimum Gasteiger partial charge on any atom is -0.396 e. The fourth-order valence-corrected chi connectivity index (χ4v) is 1.41. The fourth-order valence-electron chi connectivity index (χ4n) is 1.41. The smallest absolute Gasteiger partial charge is 0.189 e. The SMILES string of the molecule is N#CC(C#N)C1=NCCN1CCCO. The average molecular weight is 192 g/mol. The molecular formula is C9H12N4O. The highest BCUT2D eigenvalue weighted by Crippen LogP contribution is 2.10. The molecule has 0 aromatic heterocycles. The summed E-state index contributed by atoms with van der Waals surface area (Å²) in [6.07, 6.45) is 0.641. The number of aliphatic hydroxyl groups is 1. The first-order valence-corrected chi connectivity index (χ1v) is 4.53. The molecule has 1 aliphatic heterocycles. The van der Waals surface area contributed by atoms with Gasteiger partial charge in [-0.25, -0.2) is 0 Å². The maximum atomic E-state index is 8.70. The molecule has 5 nitrogen and oxygen atoms in total. The Morgan fingerprint density at radius 2 is 2.21 bits per heavy atom. The lowest BCUT2D eigenvalue weighted by Gasteiger charge is -2.19. The molecule has 1 heterocycles. The van der Waals surface area contributed by atoms with Crippen LogP contribution in [0.25, 0.3) is 0 Å². The van der Waals surface area contributed by atoms with E-state index in [0.717, 1.165) is 6.54 Å². The second kappa shape index (κ2) is 5.21. The van der Waals surface area contributed by atoms with Crippen LogP contribution in [0.2, 0.25) is 0 Å². The molecule has 14 heavy (non-hydrogen) atoms. The standard InChI is InChI=1S/C9H12N4O/c10-6-8(7-11)9-12-2-4-13(9)3-1-5-14/h8,14H,1-5H2. The first-order valence-electron chi connectivity index (χ1n) is 4.53. The second-order valence-corrected chi connectivity index (χ2v) is 3.00. The number of nitrogens with zero attached hydrogens (tertiary/aromatic N) is 4. The van der Waals surface area contributed by atoms with Gasteiger partial charge >= 0.3 is 0 Å². The van der Waals surface area contributed by atoms with Gasteiger partial charge in [0.25, 0.3) is 0 Å². The van der Waals surface area contributed by atoms with Crippen molar-refractivity contribution in [2.75, 3.05) is 26.2 Å². The number of aliphatic imine (C=N–C) groups is 1. The van der Waals surface area contributed by atoms with Gasteiger partial charge in [0, 0.05) is 19.7 Å². The third kappa shape index (κ3) is 2.21. The maximum absolute atomic E-state index is 8.70. The molecule has 0 aliphatic carbocycles. The molecule has 0 atom stereocenters.